The average molecular weight is 677 g/mol. The van der Waals surface area contributed by atoms with E-state index in [0.717, 1.165) is 66.7 Å². The first kappa shape index (κ1) is 29.5. The highest BCUT2D eigenvalue weighted by molar-refractivity contribution is 6.15. The van der Waals surface area contributed by atoms with Crippen LogP contribution in [0.1, 0.15) is 0 Å². The number of hydrogen-bond acceptors (Lipinski definition) is 5. The van der Waals surface area contributed by atoms with Gasteiger partial charge in [-0.15, -0.1) is 0 Å². The standard InChI is InChI=1S/C48H28N4O/c1-2-11-29(12-3-1)32-13-8-15-34(27-32)47-50-46(51-48(52-47)39-20-10-22-42-44(39)38-18-6-7-21-41(38)53-42)31-25-23-30(24-26-31)40-28-33-14-9-19-36-35-16-4-5-17-37(35)45(49-40)43(33)36/h1-28H. The van der Waals surface area contributed by atoms with E-state index in [2.05, 4.69) is 133 Å². The Kier molecular flexibility index (Phi) is 6.48. The molecule has 0 unspecified atom stereocenters. The van der Waals surface area contributed by atoms with Crippen LogP contribution in [0, 0.1) is 0 Å². The Bertz CT molecular complexity index is 3060. The van der Waals surface area contributed by atoms with Crippen molar-refractivity contribution < 1.29 is 4.42 Å². The van der Waals surface area contributed by atoms with Crippen LogP contribution in [-0.2, 0) is 0 Å². The maximum absolute atomic E-state index is 6.25. The van der Waals surface area contributed by atoms with E-state index < -0.39 is 0 Å². The van der Waals surface area contributed by atoms with Gasteiger partial charge in [-0.2, -0.15) is 0 Å². The molecule has 7 aromatic carbocycles. The van der Waals surface area contributed by atoms with Gasteiger partial charge >= 0.3 is 0 Å². The van der Waals surface area contributed by atoms with Crippen molar-refractivity contribution in [1.82, 2.24) is 19.9 Å². The number of benzene rings is 7. The normalized spacial score (nSPS) is 11.8. The van der Waals surface area contributed by atoms with E-state index in [1.807, 2.05) is 36.4 Å². The summed E-state index contributed by atoms with van der Waals surface area (Å²) in [5, 5.41) is 4.42. The second-order valence-electron chi connectivity index (χ2n) is 13.4. The maximum atomic E-state index is 6.25. The summed E-state index contributed by atoms with van der Waals surface area (Å²) < 4.78 is 6.25. The van der Waals surface area contributed by atoms with Gasteiger partial charge in [0.15, 0.2) is 17.5 Å². The summed E-state index contributed by atoms with van der Waals surface area (Å²) in [6.45, 7) is 0. The molecule has 3 aromatic heterocycles. The monoisotopic (exact) mass is 676 g/mol. The number of fused-ring (bicyclic) bond motifs is 6. The maximum Gasteiger partial charge on any atom is 0.164 e. The molecule has 0 saturated carbocycles. The molecule has 1 aliphatic carbocycles. The van der Waals surface area contributed by atoms with E-state index in [0.29, 0.717) is 17.5 Å². The van der Waals surface area contributed by atoms with Crippen LogP contribution in [0.3, 0.4) is 0 Å². The smallest absolute Gasteiger partial charge is 0.164 e. The number of aromatic nitrogens is 4. The summed E-state index contributed by atoms with van der Waals surface area (Å²) in [4.78, 5) is 20.6. The largest absolute Gasteiger partial charge is 0.456 e. The van der Waals surface area contributed by atoms with Gasteiger partial charge in [-0.25, -0.2) is 19.9 Å². The SMILES string of the molecule is c1ccc(-c2cccc(-c3nc(-c4ccc(-c5cc6cccc7c6c(n5)-c5ccccc5-7)cc4)nc(-c4cccc5oc6ccccc6c45)n3)c2)cc1. The van der Waals surface area contributed by atoms with Crippen LogP contribution in [0.15, 0.2) is 174 Å². The lowest BCUT2D eigenvalue weighted by atomic mass is 10.0. The molecule has 0 atom stereocenters. The molecule has 10 aromatic rings. The summed E-state index contributed by atoms with van der Waals surface area (Å²) in [5.41, 5.74) is 13.2. The minimum atomic E-state index is 0.588. The summed E-state index contributed by atoms with van der Waals surface area (Å²) in [7, 11) is 0. The van der Waals surface area contributed by atoms with Gasteiger partial charge < -0.3 is 4.42 Å². The van der Waals surface area contributed by atoms with Crippen LogP contribution in [0.5, 0.6) is 0 Å². The number of furan rings is 1. The molecule has 3 heterocycles. The molecule has 0 aliphatic heterocycles. The van der Waals surface area contributed by atoms with Gasteiger partial charge in [-0.1, -0.05) is 146 Å². The molecule has 0 N–H and O–H groups in total. The molecular weight excluding hydrogens is 649 g/mol. The molecule has 0 spiro atoms. The zero-order valence-electron chi connectivity index (χ0n) is 28.4. The summed E-state index contributed by atoms with van der Waals surface area (Å²) >= 11 is 0. The second-order valence-corrected chi connectivity index (χ2v) is 13.4. The molecular formula is C48H28N4O. The zero-order valence-corrected chi connectivity index (χ0v) is 28.4. The van der Waals surface area contributed by atoms with Gasteiger partial charge in [-0.3, -0.25) is 0 Å². The van der Waals surface area contributed by atoms with Crippen molar-refractivity contribution in [2.75, 3.05) is 0 Å². The van der Waals surface area contributed by atoms with Gasteiger partial charge in [-0.05, 0) is 51.9 Å². The Labute approximate surface area is 304 Å². The van der Waals surface area contributed by atoms with E-state index in [9.17, 15) is 0 Å². The Morgan fingerprint density at radius 1 is 0.340 bits per heavy atom. The van der Waals surface area contributed by atoms with E-state index in [-0.39, 0.29) is 0 Å². The fraction of sp³-hybridized carbons (Fsp3) is 0. The average Bonchev–Trinajstić information content (AvgIpc) is 3.78. The Balaban J connectivity index is 1.06. The minimum absolute atomic E-state index is 0.588. The number of rotatable bonds is 5. The molecule has 53 heavy (non-hydrogen) atoms. The summed E-state index contributed by atoms with van der Waals surface area (Å²) in [6.07, 6.45) is 0. The highest BCUT2D eigenvalue weighted by atomic mass is 16.3. The van der Waals surface area contributed by atoms with Crippen LogP contribution in [0.4, 0.5) is 0 Å². The lowest BCUT2D eigenvalue weighted by Crippen LogP contribution is -2.00. The van der Waals surface area contributed by atoms with Gasteiger partial charge in [0.05, 0.1) is 11.4 Å². The molecule has 5 nitrogen and oxygen atoms in total. The van der Waals surface area contributed by atoms with Crippen LogP contribution < -0.4 is 0 Å². The molecule has 0 saturated heterocycles. The van der Waals surface area contributed by atoms with Crippen molar-refractivity contribution in [2.45, 2.75) is 0 Å². The first-order valence-corrected chi connectivity index (χ1v) is 17.7. The van der Waals surface area contributed by atoms with Crippen molar-refractivity contribution in [2.24, 2.45) is 0 Å². The molecule has 246 valence electrons. The molecule has 11 rings (SSSR count). The predicted molar refractivity (Wildman–Crippen MR) is 214 cm³/mol. The molecule has 0 radical (unpaired) electrons. The molecule has 1 aliphatic rings. The third kappa shape index (κ3) is 4.79. The van der Waals surface area contributed by atoms with Gasteiger partial charge in [0.2, 0.25) is 0 Å². The topological polar surface area (TPSA) is 64.7 Å². The molecule has 0 amide bonds. The van der Waals surface area contributed by atoms with Crippen molar-refractivity contribution in [3.05, 3.63) is 170 Å². The zero-order chi connectivity index (χ0) is 34.9. The molecule has 5 heteroatoms. The van der Waals surface area contributed by atoms with Gasteiger partial charge in [0.25, 0.3) is 0 Å². The summed E-state index contributed by atoms with van der Waals surface area (Å²) in [5.74, 6) is 1.78. The van der Waals surface area contributed by atoms with Crippen molar-refractivity contribution in [3.8, 4) is 78.9 Å². The van der Waals surface area contributed by atoms with E-state index in [1.54, 1.807) is 0 Å². The highest BCUT2D eigenvalue weighted by Gasteiger charge is 2.23. The minimum Gasteiger partial charge on any atom is -0.456 e. The van der Waals surface area contributed by atoms with Crippen molar-refractivity contribution in [3.63, 3.8) is 0 Å². The predicted octanol–water partition coefficient (Wildman–Crippen LogP) is 12.3. The Hall–Kier alpha value is -7.24. The molecule has 0 bridgehead atoms. The van der Waals surface area contributed by atoms with Crippen LogP contribution in [0.2, 0.25) is 0 Å². The summed E-state index contributed by atoms with van der Waals surface area (Å²) in [6, 6.07) is 58.6. The lowest BCUT2D eigenvalue weighted by molar-refractivity contribution is 0.669. The third-order valence-corrected chi connectivity index (χ3v) is 10.3. The van der Waals surface area contributed by atoms with E-state index in [4.69, 9.17) is 24.4 Å². The van der Waals surface area contributed by atoms with Gasteiger partial charge in [0, 0.05) is 44.0 Å². The quantitative estimate of drug-likeness (QED) is 0.181. The van der Waals surface area contributed by atoms with Crippen molar-refractivity contribution >= 4 is 32.7 Å². The highest BCUT2D eigenvalue weighted by Crippen LogP contribution is 2.47. The van der Waals surface area contributed by atoms with E-state index in [1.165, 1.54) is 27.5 Å². The number of hydrogen-bond donors (Lipinski definition) is 0. The fourth-order valence-corrected chi connectivity index (χ4v) is 7.78. The first-order valence-electron chi connectivity index (χ1n) is 17.7. The van der Waals surface area contributed by atoms with Crippen LogP contribution in [0.25, 0.3) is 112 Å². The Morgan fingerprint density at radius 2 is 0.962 bits per heavy atom. The van der Waals surface area contributed by atoms with E-state index >= 15 is 0 Å². The molecule has 0 fully saturated rings. The number of pyridine rings is 1. The number of nitrogens with zero attached hydrogens (tertiary/aromatic N) is 4. The van der Waals surface area contributed by atoms with Crippen molar-refractivity contribution in [1.29, 1.82) is 0 Å². The fourth-order valence-electron chi connectivity index (χ4n) is 7.78. The third-order valence-electron chi connectivity index (χ3n) is 10.3. The lowest BCUT2D eigenvalue weighted by Gasteiger charge is -2.11. The first-order chi connectivity index (χ1) is 26.2. The number of para-hydroxylation sites is 1. The Morgan fingerprint density at radius 3 is 1.85 bits per heavy atom. The van der Waals surface area contributed by atoms with Gasteiger partial charge in [0.1, 0.15) is 11.2 Å². The second kappa shape index (κ2) is 11.7. The van der Waals surface area contributed by atoms with Crippen LogP contribution >= 0.6 is 0 Å². The van der Waals surface area contributed by atoms with Crippen LogP contribution in [-0.4, -0.2) is 19.9 Å².